The van der Waals surface area contributed by atoms with Crippen LogP contribution < -0.4 is 5.32 Å². The van der Waals surface area contributed by atoms with Crippen molar-refractivity contribution >= 4 is 0 Å². The first-order chi connectivity index (χ1) is 9.38. The maximum Gasteiger partial charge on any atom is 0.0589 e. The summed E-state index contributed by atoms with van der Waals surface area (Å²) in [6.45, 7) is 4.11. The third-order valence-corrected chi connectivity index (χ3v) is 4.28. The summed E-state index contributed by atoms with van der Waals surface area (Å²) < 4.78 is 5.25. The van der Waals surface area contributed by atoms with Crippen molar-refractivity contribution in [3.8, 4) is 0 Å². The van der Waals surface area contributed by atoms with Gasteiger partial charge in [-0.25, -0.2) is 0 Å². The summed E-state index contributed by atoms with van der Waals surface area (Å²) in [7, 11) is 1.79. The summed E-state index contributed by atoms with van der Waals surface area (Å²) in [6, 6.07) is 10.2. The van der Waals surface area contributed by atoms with Crippen LogP contribution >= 0.6 is 0 Å². The minimum atomic E-state index is 0.488. The van der Waals surface area contributed by atoms with E-state index in [-0.39, 0.29) is 0 Å². The first kappa shape index (κ1) is 13.1. The molecule has 104 valence electrons. The van der Waals surface area contributed by atoms with E-state index in [0.29, 0.717) is 6.04 Å². The Morgan fingerprint density at radius 3 is 2.95 bits per heavy atom. The van der Waals surface area contributed by atoms with Crippen molar-refractivity contribution in [3.05, 3.63) is 35.4 Å². The lowest BCUT2D eigenvalue weighted by molar-refractivity contribution is 0.135. The second kappa shape index (κ2) is 6.04. The summed E-state index contributed by atoms with van der Waals surface area (Å²) in [5, 5.41) is 3.68. The first-order valence-corrected chi connectivity index (χ1v) is 7.42. The quantitative estimate of drug-likeness (QED) is 0.846. The molecule has 1 atom stereocenters. The van der Waals surface area contributed by atoms with Crippen LogP contribution in [0.2, 0.25) is 0 Å². The van der Waals surface area contributed by atoms with Crippen LogP contribution in [0, 0.1) is 0 Å². The third-order valence-electron chi connectivity index (χ3n) is 4.28. The molecule has 1 saturated carbocycles. The zero-order valence-corrected chi connectivity index (χ0v) is 11.8. The lowest BCUT2D eigenvalue weighted by Gasteiger charge is -2.32. The Kier molecular flexibility index (Phi) is 4.16. The Balaban J connectivity index is 1.68. The predicted octanol–water partition coefficient (Wildman–Crippen LogP) is 1.98. The number of nitrogens with one attached hydrogen (secondary N) is 1. The van der Waals surface area contributed by atoms with E-state index in [0.717, 1.165) is 38.7 Å². The summed E-state index contributed by atoms with van der Waals surface area (Å²) >= 11 is 0. The van der Waals surface area contributed by atoms with Crippen LogP contribution in [0.3, 0.4) is 0 Å². The van der Waals surface area contributed by atoms with Gasteiger partial charge in [-0.2, -0.15) is 0 Å². The highest BCUT2D eigenvalue weighted by Gasteiger charge is 2.31. The summed E-state index contributed by atoms with van der Waals surface area (Å²) in [6.07, 6.45) is 3.88. The predicted molar refractivity (Wildman–Crippen MR) is 77.4 cm³/mol. The van der Waals surface area contributed by atoms with Crippen molar-refractivity contribution in [2.24, 2.45) is 0 Å². The van der Waals surface area contributed by atoms with Crippen LogP contribution in [0.5, 0.6) is 0 Å². The maximum atomic E-state index is 5.25. The maximum absolute atomic E-state index is 5.25. The molecule has 0 spiro atoms. The van der Waals surface area contributed by atoms with E-state index >= 15 is 0 Å². The van der Waals surface area contributed by atoms with Gasteiger partial charge < -0.3 is 10.1 Å². The molecule has 1 unspecified atom stereocenters. The molecule has 1 aromatic rings. The number of nitrogens with zero attached hydrogens (tertiary/aromatic N) is 1. The summed E-state index contributed by atoms with van der Waals surface area (Å²) in [5.74, 6) is 0. The van der Waals surface area contributed by atoms with E-state index < -0.39 is 0 Å². The fraction of sp³-hybridized carbons (Fsp3) is 0.625. The fourth-order valence-corrected chi connectivity index (χ4v) is 3.06. The van der Waals surface area contributed by atoms with Crippen molar-refractivity contribution in [1.29, 1.82) is 0 Å². The van der Waals surface area contributed by atoms with Crippen molar-refractivity contribution in [3.63, 3.8) is 0 Å². The Morgan fingerprint density at radius 1 is 1.32 bits per heavy atom. The smallest absolute Gasteiger partial charge is 0.0589 e. The Morgan fingerprint density at radius 2 is 2.16 bits per heavy atom. The van der Waals surface area contributed by atoms with Gasteiger partial charge in [0.15, 0.2) is 0 Å². The number of benzene rings is 1. The molecule has 1 aromatic carbocycles. The highest BCUT2D eigenvalue weighted by atomic mass is 16.5. The standard InChI is InChI=1S/C16H24N2O/c1-19-11-10-18(14-6-7-14)12-16-15-5-3-2-4-13(15)8-9-17-16/h2-5,14,16-17H,6-12H2,1H3. The molecule has 1 aliphatic heterocycles. The van der Waals surface area contributed by atoms with Crippen LogP contribution in [0.4, 0.5) is 0 Å². The molecule has 0 aromatic heterocycles. The topological polar surface area (TPSA) is 24.5 Å². The van der Waals surface area contributed by atoms with Gasteiger partial charge in [-0.3, -0.25) is 4.90 Å². The summed E-state index contributed by atoms with van der Waals surface area (Å²) in [4.78, 5) is 2.60. The van der Waals surface area contributed by atoms with E-state index in [2.05, 4.69) is 34.5 Å². The van der Waals surface area contributed by atoms with Gasteiger partial charge in [-0.1, -0.05) is 24.3 Å². The Hall–Kier alpha value is -0.900. The number of hydrogen-bond acceptors (Lipinski definition) is 3. The molecule has 3 rings (SSSR count). The average Bonchev–Trinajstić information content (AvgIpc) is 3.28. The minimum Gasteiger partial charge on any atom is -0.383 e. The van der Waals surface area contributed by atoms with Gasteiger partial charge in [-0.05, 0) is 36.9 Å². The van der Waals surface area contributed by atoms with Crippen molar-refractivity contribution in [2.45, 2.75) is 31.3 Å². The van der Waals surface area contributed by atoms with Gasteiger partial charge in [0.1, 0.15) is 0 Å². The monoisotopic (exact) mass is 260 g/mol. The molecular formula is C16H24N2O. The molecule has 2 aliphatic rings. The van der Waals surface area contributed by atoms with E-state index in [1.807, 2.05) is 0 Å². The number of methoxy groups -OCH3 is 1. The number of fused-ring (bicyclic) bond motifs is 1. The van der Waals surface area contributed by atoms with Crippen LogP contribution in [0.1, 0.15) is 30.0 Å². The molecule has 0 bridgehead atoms. The number of hydrogen-bond donors (Lipinski definition) is 1. The molecule has 3 heteroatoms. The lowest BCUT2D eigenvalue weighted by atomic mass is 9.94. The van der Waals surface area contributed by atoms with E-state index in [1.54, 1.807) is 7.11 Å². The van der Waals surface area contributed by atoms with Crippen molar-refractivity contribution in [1.82, 2.24) is 10.2 Å². The van der Waals surface area contributed by atoms with Crippen LogP contribution in [-0.4, -0.2) is 44.3 Å². The number of rotatable bonds is 6. The minimum absolute atomic E-state index is 0.488. The van der Waals surface area contributed by atoms with E-state index in [9.17, 15) is 0 Å². The van der Waals surface area contributed by atoms with Crippen LogP contribution in [0.15, 0.2) is 24.3 Å². The normalized spacial score (nSPS) is 22.5. The second-order valence-electron chi connectivity index (χ2n) is 5.67. The Labute approximate surface area is 115 Å². The zero-order valence-electron chi connectivity index (χ0n) is 11.8. The molecule has 0 radical (unpaired) electrons. The van der Waals surface area contributed by atoms with Gasteiger partial charge >= 0.3 is 0 Å². The summed E-state index contributed by atoms with van der Waals surface area (Å²) in [5.41, 5.74) is 3.02. The van der Waals surface area contributed by atoms with Gasteiger partial charge in [0, 0.05) is 32.3 Å². The molecule has 1 fully saturated rings. The number of ether oxygens (including phenoxy) is 1. The van der Waals surface area contributed by atoms with Gasteiger partial charge in [0.05, 0.1) is 6.61 Å². The molecule has 0 saturated heterocycles. The highest BCUT2D eigenvalue weighted by Crippen LogP contribution is 2.30. The molecule has 1 aliphatic carbocycles. The van der Waals surface area contributed by atoms with Gasteiger partial charge in [-0.15, -0.1) is 0 Å². The second-order valence-corrected chi connectivity index (χ2v) is 5.67. The zero-order chi connectivity index (χ0) is 13.1. The average molecular weight is 260 g/mol. The first-order valence-electron chi connectivity index (χ1n) is 7.42. The van der Waals surface area contributed by atoms with E-state index in [1.165, 1.54) is 24.0 Å². The molecule has 1 N–H and O–H groups in total. The molecule has 19 heavy (non-hydrogen) atoms. The van der Waals surface area contributed by atoms with Crippen molar-refractivity contribution < 1.29 is 4.74 Å². The molecule has 0 amide bonds. The van der Waals surface area contributed by atoms with Gasteiger partial charge in [0.2, 0.25) is 0 Å². The van der Waals surface area contributed by atoms with Crippen LogP contribution in [-0.2, 0) is 11.2 Å². The van der Waals surface area contributed by atoms with Gasteiger partial charge in [0.25, 0.3) is 0 Å². The fourth-order valence-electron chi connectivity index (χ4n) is 3.06. The SMILES string of the molecule is COCCN(CC1NCCc2ccccc21)C1CC1. The van der Waals surface area contributed by atoms with Crippen LogP contribution in [0.25, 0.3) is 0 Å². The Bertz CT molecular complexity index is 417. The highest BCUT2D eigenvalue weighted by molar-refractivity contribution is 5.32. The molecular weight excluding hydrogens is 236 g/mol. The van der Waals surface area contributed by atoms with Crippen molar-refractivity contribution in [2.75, 3.05) is 33.4 Å². The van der Waals surface area contributed by atoms with E-state index in [4.69, 9.17) is 4.74 Å². The largest absolute Gasteiger partial charge is 0.383 e. The molecule has 1 heterocycles. The third kappa shape index (κ3) is 3.16. The molecule has 3 nitrogen and oxygen atoms in total. The lowest BCUT2D eigenvalue weighted by Crippen LogP contribution is -2.41.